The van der Waals surface area contributed by atoms with Crippen LogP contribution < -0.4 is 22.1 Å². The van der Waals surface area contributed by atoms with Crippen LogP contribution in [0, 0.1) is 0 Å². The van der Waals surface area contributed by atoms with Gasteiger partial charge >= 0.3 is 0 Å². The van der Waals surface area contributed by atoms with Gasteiger partial charge in [0.15, 0.2) is 0 Å². The van der Waals surface area contributed by atoms with Crippen LogP contribution in [0.4, 0.5) is 22.7 Å². The molecule has 0 radical (unpaired) electrons. The molecule has 6 N–H and O–H groups in total. The summed E-state index contributed by atoms with van der Waals surface area (Å²) in [5.74, 6) is 0. The van der Waals surface area contributed by atoms with Crippen molar-refractivity contribution in [3.05, 3.63) is 84.9 Å². The van der Waals surface area contributed by atoms with Crippen molar-refractivity contribution in [1.82, 2.24) is 9.97 Å². The average molecular weight is 487 g/mol. The molecule has 184 valence electrons. The van der Waals surface area contributed by atoms with E-state index in [2.05, 4.69) is 59.2 Å². The summed E-state index contributed by atoms with van der Waals surface area (Å²) >= 11 is 0. The number of nitrogens with one attached hydrogen (secondary N) is 2. The van der Waals surface area contributed by atoms with E-state index in [0.29, 0.717) is 0 Å². The third-order valence-electron chi connectivity index (χ3n) is 6.79. The molecule has 0 saturated carbocycles. The minimum atomic E-state index is 0.736. The molecule has 0 aliphatic carbocycles. The SMILES string of the molecule is Nc1ccc2cc3ccc(NCCCCCNc4ccc5cc6ccc(N)cc6nc5c4)cc3nc2c1. The van der Waals surface area contributed by atoms with Gasteiger partial charge in [0.25, 0.3) is 0 Å². The Morgan fingerprint density at radius 3 is 1.32 bits per heavy atom. The van der Waals surface area contributed by atoms with E-state index in [1.807, 2.05) is 36.4 Å². The molecule has 6 rings (SSSR count). The number of pyridine rings is 2. The Hall–Kier alpha value is -4.58. The lowest BCUT2D eigenvalue weighted by Crippen LogP contribution is -2.05. The van der Waals surface area contributed by atoms with E-state index < -0.39 is 0 Å². The first-order chi connectivity index (χ1) is 18.1. The summed E-state index contributed by atoms with van der Waals surface area (Å²) in [6.07, 6.45) is 3.35. The number of aromatic nitrogens is 2. The number of nitrogens with two attached hydrogens (primary N) is 2. The molecule has 4 aromatic carbocycles. The Labute approximate surface area is 215 Å². The molecule has 0 atom stereocenters. The zero-order valence-electron chi connectivity index (χ0n) is 20.7. The molecule has 37 heavy (non-hydrogen) atoms. The first-order valence-corrected chi connectivity index (χ1v) is 12.8. The molecular formula is C31H30N6. The van der Waals surface area contributed by atoms with Gasteiger partial charge in [0.05, 0.1) is 22.1 Å². The number of benzene rings is 4. The van der Waals surface area contributed by atoms with E-state index in [1.54, 1.807) is 0 Å². The van der Waals surface area contributed by atoms with Crippen LogP contribution in [0.25, 0.3) is 43.6 Å². The summed E-state index contributed by atoms with van der Waals surface area (Å²) in [6.45, 7) is 1.87. The first kappa shape index (κ1) is 22.9. The summed E-state index contributed by atoms with van der Waals surface area (Å²) in [5, 5.41) is 11.6. The summed E-state index contributed by atoms with van der Waals surface area (Å²) < 4.78 is 0. The number of nitrogens with zero attached hydrogens (tertiary/aromatic N) is 2. The fourth-order valence-electron chi connectivity index (χ4n) is 4.79. The van der Waals surface area contributed by atoms with Crippen molar-refractivity contribution < 1.29 is 0 Å². The minimum absolute atomic E-state index is 0.736. The van der Waals surface area contributed by atoms with Gasteiger partial charge in [-0.3, -0.25) is 0 Å². The Bertz CT molecular complexity index is 1610. The van der Waals surface area contributed by atoms with Crippen LogP contribution in [0.5, 0.6) is 0 Å². The highest BCUT2D eigenvalue weighted by Gasteiger charge is 2.04. The molecule has 0 fully saturated rings. The average Bonchev–Trinajstić information content (AvgIpc) is 2.90. The van der Waals surface area contributed by atoms with Gasteiger partial charge in [-0.25, -0.2) is 9.97 Å². The monoisotopic (exact) mass is 486 g/mol. The lowest BCUT2D eigenvalue weighted by Gasteiger charge is -2.10. The number of nitrogen functional groups attached to an aromatic ring is 2. The van der Waals surface area contributed by atoms with Gasteiger partial charge in [0.2, 0.25) is 0 Å². The number of fused-ring (bicyclic) bond motifs is 4. The van der Waals surface area contributed by atoms with Crippen molar-refractivity contribution in [2.75, 3.05) is 35.2 Å². The standard InChI is InChI=1S/C31H30N6/c32-24-8-4-20-14-22-6-10-26(18-30(22)36-28(20)16-24)34-12-2-1-3-13-35-27-11-7-23-15-21-5-9-25(33)17-29(21)37-31(23)19-27/h4-11,14-19,34-35H,1-3,12-13,32-33H2. The van der Waals surface area contributed by atoms with Crippen molar-refractivity contribution in [1.29, 1.82) is 0 Å². The van der Waals surface area contributed by atoms with Crippen LogP contribution in [0.15, 0.2) is 84.9 Å². The van der Waals surface area contributed by atoms with Crippen LogP contribution in [0.3, 0.4) is 0 Å². The molecule has 6 nitrogen and oxygen atoms in total. The van der Waals surface area contributed by atoms with Crippen LogP contribution >= 0.6 is 0 Å². The lowest BCUT2D eigenvalue weighted by atomic mass is 10.1. The normalized spacial score (nSPS) is 11.5. The summed E-state index contributed by atoms with van der Waals surface area (Å²) in [7, 11) is 0. The predicted octanol–water partition coefficient (Wildman–Crippen LogP) is 6.95. The summed E-state index contributed by atoms with van der Waals surface area (Å²) in [5.41, 5.74) is 19.3. The fourth-order valence-corrected chi connectivity index (χ4v) is 4.79. The summed E-state index contributed by atoms with van der Waals surface area (Å²) in [6, 6.07) is 28.8. The topological polar surface area (TPSA) is 102 Å². The van der Waals surface area contributed by atoms with Gasteiger partial charge in [-0.05, 0) is 79.9 Å². The maximum Gasteiger partial charge on any atom is 0.0730 e. The van der Waals surface area contributed by atoms with E-state index in [-0.39, 0.29) is 0 Å². The highest BCUT2D eigenvalue weighted by atomic mass is 14.9. The number of hydrogen-bond acceptors (Lipinski definition) is 6. The maximum absolute atomic E-state index is 5.93. The van der Waals surface area contributed by atoms with Gasteiger partial charge < -0.3 is 22.1 Å². The molecule has 0 amide bonds. The Morgan fingerprint density at radius 2 is 0.865 bits per heavy atom. The molecule has 2 heterocycles. The Morgan fingerprint density at radius 1 is 0.459 bits per heavy atom. The van der Waals surface area contributed by atoms with E-state index in [1.165, 1.54) is 0 Å². The van der Waals surface area contributed by atoms with E-state index in [4.69, 9.17) is 21.4 Å². The van der Waals surface area contributed by atoms with Gasteiger partial charge in [0, 0.05) is 57.4 Å². The predicted molar refractivity (Wildman–Crippen MR) is 158 cm³/mol. The molecule has 0 saturated heterocycles. The second kappa shape index (κ2) is 9.82. The quantitative estimate of drug-likeness (QED) is 0.105. The molecule has 0 aliphatic heterocycles. The second-order valence-electron chi connectivity index (χ2n) is 9.61. The van der Waals surface area contributed by atoms with Crippen molar-refractivity contribution >= 4 is 66.4 Å². The fraction of sp³-hybridized carbons (Fsp3) is 0.161. The third kappa shape index (κ3) is 5.05. The largest absolute Gasteiger partial charge is 0.399 e. The molecule has 2 aromatic heterocycles. The first-order valence-electron chi connectivity index (χ1n) is 12.8. The van der Waals surface area contributed by atoms with Gasteiger partial charge in [-0.1, -0.05) is 24.3 Å². The van der Waals surface area contributed by atoms with Crippen molar-refractivity contribution in [2.24, 2.45) is 0 Å². The lowest BCUT2D eigenvalue weighted by molar-refractivity contribution is 0.721. The minimum Gasteiger partial charge on any atom is -0.399 e. The van der Waals surface area contributed by atoms with E-state index in [0.717, 1.165) is 98.7 Å². The number of anilines is 4. The maximum atomic E-state index is 5.93. The highest BCUT2D eigenvalue weighted by Crippen LogP contribution is 2.25. The molecule has 0 spiro atoms. The Balaban J connectivity index is 0.991. The smallest absolute Gasteiger partial charge is 0.0730 e. The molecule has 6 aromatic rings. The number of unbranched alkanes of at least 4 members (excludes halogenated alkanes) is 2. The molecular weight excluding hydrogens is 456 g/mol. The summed E-state index contributed by atoms with van der Waals surface area (Å²) in [4.78, 5) is 9.59. The van der Waals surface area contributed by atoms with Crippen molar-refractivity contribution in [3.63, 3.8) is 0 Å². The van der Waals surface area contributed by atoms with E-state index in [9.17, 15) is 0 Å². The van der Waals surface area contributed by atoms with Gasteiger partial charge in [-0.2, -0.15) is 0 Å². The Kier molecular flexibility index (Phi) is 6.06. The number of hydrogen-bond donors (Lipinski definition) is 4. The van der Waals surface area contributed by atoms with Crippen molar-refractivity contribution in [2.45, 2.75) is 19.3 Å². The second-order valence-corrected chi connectivity index (χ2v) is 9.61. The zero-order chi connectivity index (χ0) is 25.2. The van der Waals surface area contributed by atoms with Gasteiger partial charge in [-0.15, -0.1) is 0 Å². The van der Waals surface area contributed by atoms with Crippen molar-refractivity contribution in [3.8, 4) is 0 Å². The molecule has 0 unspecified atom stereocenters. The molecule has 0 aliphatic rings. The molecule has 6 heteroatoms. The number of rotatable bonds is 8. The van der Waals surface area contributed by atoms with E-state index >= 15 is 0 Å². The van der Waals surface area contributed by atoms with Crippen LogP contribution in [0.2, 0.25) is 0 Å². The highest BCUT2D eigenvalue weighted by molar-refractivity contribution is 5.96. The third-order valence-corrected chi connectivity index (χ3v) is 6.79. The zero-order valence-corrected chi connectivity index (χ0v) is 20.7. The van der Waals surface area contributed by atoms with Gasteiger partial charge in [0.1, 0.15) is 0 Å². The van der Waals surface area contributed by atoms with Crippen LogP contribution in [-0.2, 0) is 0 Å². The van der Waals surface area contributed by atoms with Crippen LogP contribution in [0.1, 0.15) is 19.3 Å². The van der Waals surface area contributed by atoms with Crippen LogP contribution in [-0.4, -0.2) is 23.1 Å². The molecule has 0 bridgehead atoms.